The lowest BCUT2D eigenvalue weighted by atomic mass is 10.0. The van der Waals surface area contributed by atoms with Crippen LogP contribution in [0.25, 0.3) is 0 Å². The van der Waals surface area contributed by atoms with Gasteiger partial charge in [0.15, 0.2) is 11.6 Å². The highest BCUT2D eigenvalue weighted by molar-refractivity contribution is 7.60. The predicted molar refractivity (Wildman–Crippen MR) is 73.0 cm³/mol. The Hall–Kier alpha value is 0.310. The standard InChI is InChI=1S/C14H25O3P/c1-9(2)18-11-7-12(4)16-13(5,15-10(11)3)8-14(18,6)17-12/h9-11H,7-8H2,1-6H3. The van der Waals surface area contributed by atoms with Gasteiger partial charge in [0.2, 0.25) is 0 Å². The van der Waals surface area contributed by atoms with E-state index in [0.717, 1.165) is 12.8 Å². The van der Waals surface area contributed by atoms with Gasteiger partial charge in [-0.2, -0.15) is 0 Å². The third-order valence-electron chi connectivity index (χ3n) is 4.53. The van der Waals surface area contributed by atoms with Gasteiger partial charge in [-0.15, -0.1) is 0 Å². The van der Waals surface area contributed by atoms with Crippen molar-refractivity contribution in [3.05, 3.63) is 0 Å². The Morgan fingerprint density at radius 2 is 1.78 bits per heavy atom. The smallest absolute Gasteiger partial charge is 0.172 e. The summed E-state index contributed by atoms with van der Waals surface area (Å²) in [6.07, 6.45) is 2.11. The van der Waals surface area contributed by atoms with Crippen LogP contribution in [0.4, 0.5) is 0 Å². The van der Waals surface area contributed by atoms with Crippen LogP contribution in [0.5, 0.6) is 0 Å². The molecule has 4 rings (SSSR count). The lowest BCUT2D eigenvalue weighted by molar-refractivity contribution is -0.400. The molecule has 6 unspecified atom stereocenters. The molecular weight excluding hydrogens is 247 g/mol. The maximum atomic E-state index is 6.39. The average Bonchev–Trinajstić information content (AvgIpc) is 2.19. The van der Waals surface area contributed by atoms with Crippen LogP contribution in [-0.2, 0) is 14.2 Å². The van der Waals surface area contributed by atoms with Gasteiger partial charge < -0.3 is 14.2 Å². The van der Waals surface area contributed by atoms with Gasteiger partial charge in [0.25, 0.3) is 0 Å². The van der Waals surface area contributed by atoms with Gasteiger partial charge in [0, 0.05) is 18.5 Å². The van der Waals surface area contributed by atoms with E-state index in [1.807, 2.05) is 0 Å². The third-order valence-corrected chi connectivity index (χ3v) is 8.30. The molecule has 104 valence electrons. The molecule has 0 aromatic heterocycles. The van der Waals surface area contributed by atoms with Crippen molar-refractivity contribution in [1.29, 1.82) is 0 Å². The van der Waals surface area contributed by atoms with Crippen LogP contribution >= 0.6 is 7.92 Å². The number of hydrogen-bond donors (Lipinski definition) is 0. The lowest BCUT2D eigenvalue weighted by Crippen LogP contribution is -2.59. The Morgan fingerprint density at radius 1 is 1.11 bits per heavy atom. The molecule has 18 heavy (non-hydrogen) atoms. The molecule has 0 aliphatic carbocycles. The Balaban J connectivity index is 2.10. The van der Waals surface area contributed by atoms with Crippen LogP contribution in [0.3, 0.4) is 0 Å². The highest BCUT2D eigenvalue weighted by atomic mass is 31.1. The van der Waals surface area contributed by atoms with Gasteiger partial charge >= 0.3 is 0 Å². The van der Waals surface area contributed by atoms with Crippen molar-refractivity contribution in [3.63, 3.8) is 0 Å². The van der Waals surface area contributed by atoms with E-state index in [9.17, 15) is 0 Å². The third kappa shape index (κ3) is 1.78. The van der Waals surface area contributed by atoms with Crippen molar-refractivity contribution in [2.24, 2.45) is 0 Å². The summed E-state index contributed by atoms with van der Waals surface area (Å²) >= 11 is 0. The van der Waals surface area contributed by atoms with Crippen molar-refractivity contribution in [2.45, 2.75) is 88.7 Å². The molecule has 0 spiro atoms. The van der Waals surface area contributed by atoms with E-state index >= 15 is 0 Å². The summed E-state index contributed by atoms with van der Waals surface area (Å²) in [6, 6.07) is 0. The van der Waals surface area contributed by atoms with E-state index in [2.05, 4.69) is 41.5 Å². The summed E-state index contributed by atoms with van der Waals surface area (Å²) in [5.41, 5.74) is 1.26. The van der Waals surface area contributed by atoms with Gasteiger partial charge in [-0.1, -0.05) is 21.8 Å². The summed E-state index contributed by atoms with van der Waals surface area (Å²) in [5.74, 6) is -0.924. The minimum atomic E-state index is -0.470. The first-order chi connectivity index (χ1) is 8.17. The first kappa shape index (κ1) is 13.3. The molecule has 4 bridgehead atoms. The molecule has 4 heteroatoms. The number of rotatable bonds is 1. The molecule has 4 fully saturated rings. The van der Waals surface area contributed by atoms with E-state index in [4.69, 9.17) is 14.2 Å². The van der Waals surface area contributed by atoms with E-state index in [1.54, 1.807) is 0 Å². The Bertz CT molecular complexity index is 374. The fourth-order valence-electron chi connectivity index (χ4n) is 4.53. The summed E-state index contributed by atoms with van der Waals surface area (Å²) in [7, 11) is -0.204. The van der Waals surface area contributed by atoms with Gasteiger partial charge in [-0.3, -0.25) is 0 Å². The summed E-state index contributed by atoms with van der Waals surface area (Å²) in [4.78, 5) is 0. The molecule has 0 aromatic carbocycles. The fraction of sp³-hybridized carbons (Fsp3) is 1.00. The normalized spacial score (nSPS) is 59.2. The largest absolute Gasteiger partial charge is 0.346 e. The van der Waals surface area contributed by atoms with Crippen molar-refractivity contribution < 1.29 is 14.2 Å². The monoisotopic (exact) mass is 272 g/mol. The maximum Gasteiger partial charge on any atom is 0.172 e. The zero-order valence-corrected chi connectivity index (χ0v) is 13.2. The molecule has 0 aromatic rings. The van der Waals surface area contributed by atoms with E-state index < -0.39 is 11.6 Å². The SMILES string of the molecule is CC1OC2(C)CC3(C)OC(C)(CC1P3C(C)C)O2. The lowest BCUT2D eigenvalue weighted by Gasteiger charge is -2.58. The second-order valence-electron chi connectivity index (χ2n) is 6.92. The zero-order valence-electron chi connectivity index (χ0n) is 12.3. The van der Waals surface area contributed by atoms with Gasteiger partial charge in [0.1, 0.15) is 0 Å². The van der Waals surface area contributed by atoms with Crippen molar-refractivity contribution in [2.75, 3.05) is 0 Å². The minimum Gasteiger partial charge on any atom is -0.346 e. The topological polar surface area (TPSA) is 27.7 Å². The summed E-state index contributed by atoms with van der Waals surface area (Å²) in [5, 5.41) is -0.0566. The molecule has 4 heterocycles. The van der Waals surface area contributed by atoms with Crippen LogP contribution in [0.2, 0.25) is 0 Å². The molecule has 4 aliphatic heterocycles. The molecular formula is C14H25O3P. The fourth-order valence-corrected chi connectivity index (χ4v) is 8.90. The van der Waals surface area contributed by atoms with Crippen LogP contribution in [-0.4, -0.2) is 34.3 Å². The second kappa shape index (κ2) is 3.69. The Morgan fingerprint density at radius 3 is 2.39 bits per heavy atom. The first-order valence-electron chi connectivity index (χ1n) is 7.03. The number of hydrogen-bond acceptors (Lipinski definition) is 3. The maximum absolute atomic E-state index is 6.39. The van der Waals surface area contributed by atoms with Crippen molar-refractivity contribution >= 4 is 7.92 Å². The van der Waals surface area contributed by atoms with Crippen LogP contribution in [0.15, 0.2) is 0 Å². The van der Waals surface area contributed by atoms with Gasteiger partial charge in [-0.25, -0.2) is 0 Å². The molecule has 0 saturated carbocycles. The van der Waals surface area contributed by atoms with E-state index in [-0.39, 0.29) is 19.4 Å². The van der Waals surface area contributed by atoms with E-state index in [1.165, 1.54) is 0 Å². The quantitative estimate of drug-likeness (QED) is 0.682. The number of ether oxygens (including phenoxy) is 3. The van der Waals surface area contributed by atoms with Crippen molar-refractivity contribution in [3.8, 4) is 0 Å². The molecule has 0 amide bonds. The first-order valence-corrected chi connectivity index (χ1v) is 8.51. The summed E-state index contributed by atoms with van der Waals surface area (Å²) in [6.45, 7) is 13.3. The molecule has 6 atom stereocenters. The summed E-state index contributed by atoms with van der Waals surface area (Å²) < 4.78 is 18.8. The van der Waals surface area contributed by atoms with E-state index in [0.29, 0.717) is 11.3 Å². The molecule has 0 radical (unpaired) electrons. The molecule has 0 N–H and O–H groups in total. The van der Waals surface area contributed by atoms with Gasteiger partial charge in [0.05, 0.1) is 11.4 Å². The Kier molecular flexibility index (Phi) is 2.73. The minimum absolute atomic E-state index is 0.0566. The van der Waals surface area contributed by atoms with Crippen LogP contribution in [0.1, 0.15) is 54.4 Å². The van der Waals surface area contributed by atoms with Gasteiger partial charge in [-0.05, 0) is 33.4 Å². The highest BCUT2D eigenvalue weighted by Gasteiger charge is 2.65. The predicted octanol–water partition coefficient (Wildman–Crippen LogP) is 3.65. The van der Waals surface area contributed by atoms with Crippen LogP contribution in [0, 0.1) is 0 Å². The zero-order chi connectivity index (χ0) is 13.3. The molecule has 4 saturated heterocycles. The Labute approximate surface area is 111 Å². The molecule has 4 aliphatic rings. The number of fused-ring (bicyclic) bond motifs is 1. The van der Waals surface area contributed by atoms with Crippen LogP contribution < -0.4 is 0 Å². The second-order valence-corrected chi connectivity index (χ2v) is 10.4. The average molecular weight is 272 g/mol. The highest BCUT2D eigenvalue weighted by Crippen LogP contribution is 2.71. The van der Waals surface area contributed by atoms with Crippen molar-refractivity contribution in [1.82, 2.24) is 0 Å². The molecule has 3 nitrogen and oxygen atoms in total.